The largest absolute Gasteiger partial charge is 0.478 e. The number of aromatic carboxylic acids is 1. The Morgan fingerprint density at radius 2 is 1.81 bits per heavy atom. The van der Waals surface area contributed by atoms with Gasteiger partial charge < -0.3 is 14.6 Å². The Morgan fingerprint density at radius 1 is 1.19 bits per heavy atom. The summed E-state index contributed by atoms with van der Waals surface area (Å²) >= 11 is 0. The molecule has 0 saturated heterocycles. The Hall–Kier alpha value is -2.10. The van der Waals surface area contributed by atoms with Crippen molar-refractivity contribution < 1.29 is 24.2 Å². The van der Waals surface area contributed by atoms with Gasteiger partial charge in [-0.25, -0.2) is 9.59 Å². The lowest BCUT2D eigenvalue weighted by Gasteiger charge is -2.19. The molecule has 26 heavy (non-hydrogen) atoms. The van der Waals surface area contributed by atoms with Crippen molar-refractivity contribution in [1.29, 1.82) is 0 Å². The Kier molecular flexibility index (Phi) is 7.19. The van der Waals surface area contributed by atoms with Gasteiger partial charge in [-0.15, -0.1) is 5.54 Å². The van der Waals surface area contributed by atoms with Gasteiger partial charge in [-0.2, -0.15) is 0 Å². The zero-order chi connectivity index (χ0) is 20.1. The van der Waals surface area contributed by atoms with Gasteiger partial charge in [0.15, 0.2) is 0 Å². The molecule has 6 heteroatoms. The molecule has 0 aromatic heterocycles. The summed E-state index contributed by atoms with van der Waals surface area (Å²) in [7, 11) is -1.59. The molecule has 0 atom stereocenters. The lowest BCUT2D eigenvalue weighted by Crippen LogP contribution is -2.26. The van der Waals surface area contributed by atoms with E-state index in [9.17, 15) is 14.7 Å². The molecule has 0 radical (unpaired) electrons. The Balaban J connectivity index is 3.00. The van der Waals surface area contributed by atoms with E-state index in [0.29, 0.717) is 11.1 Å². The van der Waals surface area contributed by atoms with Crippen LogP contribution in [-0.4, -0.2) is 37.3 Å². The van der Waals surface area contributed by atoms with E-state index >= 15 is 0 Å². The van der Waals surface area contributed by atoms with Crippen LogP contribution in [0.4, 0.5) is 0 Å². The van der Waals surface area contributed by atoms with E-state index in [4.69, 9.17) is 9.47 Å². The van der Waals surface area contributed by atoms with E-state index in [-0.39, 0.29) is 18.8 Å². The standard InChI is InChI=1S/C20H28O5Si/c1-14-15(8-9-26(5,6)7)10-16(19(22)23)11-17(14)12-24-13-18(21)25-20(2,3)4/h10-11H,12-13H2,1-7H3,(H,22,23). The summed E-state index contributed by atoms with van der Waals surface area (Å²) in [5.41, 5.74) is 5.09. The van der Waals surface area contributed by atoms with Crippen LogP contribution in [0.3, 0.4) is 0 Å². The van der Waals surface area contributed by atoms with Crippen LogP contribution in [0.25, 0.3) is 0 Å². The minimum absolute atomic E-state index is 0.119. The number of carboxylic acids is 1. The van der Waals surface area contributed by atoms with Crippen LogP contribution in [0.2, 0.25) is 19.6 Å². The van der Waals surface area contributed by atoms with E-state index in [1.165, 1.54) is 0 Å². The number of hydrogen-bond acceptors (Lipinski definition) is 4. The molecule has 1 rings (SSSR count). The molecule has 0 aliphatic carbocycles. The van der Waals surface area contributed by atoms with Crippen molar-refractivity contribution in [3.05, 3.63) is 34.4 Å². The van der Waals surface area contributed by atoms with Gasteiger partial charge in [-0.3, -0.25) is 0 Å². The minimum Gasteiger partial charge on any atom is -0.478 e. The van der Waals surface area contributed by atoms with Crippen LogP contribution < -0.4 is 0 Å². The highest BCUT2D eigenvalue weighted by molar-refractivity contribution is 6.83. The lowest BCUT2D eigenvalue weighted by molar-refractivity contribution is -0.160. The van der Waals surface area contributed by atoms with Gasteiger partial charge >= 0.3 is 11.9 Å². The number of benzene rings is 1. The molecular formula is C20H28O5Si. The molecule has 0 saturated carbocycles. The summed E-state index contributed by atoms with van der Waals surface area (Å²) in [6.07, 6.45) is 0. The Labute approximate surface area is 156 Å². The fourth-order valence-corrected chi connectivity index (χ4v) is 2.56. The second-order valence-electron chi connectivity index (χ2n) is 8.19. The van der Waals surface area contributed by atoms with Crippen molar-refractivity contribution in [3.8, 4) is 11.5 Å². The number of carbonyl (C=O) groups excluding carboxylic acids is 1. The summed E-state index contributed by atoms with van der Waals surface area (Å²) in [6, 6.07) is 3.15. The number of esters is 1. The summed E-state index contributed by atoms with van der Waals surface area (Å²) in [5.74, 6) is 1.65. The number of carboxylic acid groups (broad SMARTS) is 1. The van der Waals surface area contributed by atoms with Crippen molar-refractivity contribution >= 4 is 20.0 Å². The van der Waals surface area contributed by atoms with Crippen LogP contribution in [0.5, 0.6) is 0 Å². The predicted molar refractivity (Wildman–Crippen MR) is 104 cm³/mol. The molecule has 0 fully saturated rings. The highest BCUT2D eigenvalue weighted by Crippen LogP contribution is 2.18. The summed E-state index contributed by atoms with van der Waals surface area (Å²) in [6.45, 7) is 13.5. The van der Waals surface area contributed by atoms with E-state index in [0.717, 1.165) is 5.56 Å². The van der Waals surface area contributed by atoms with Crippen LogP contribution in [0.1, 0.15) is 47.8 Å². The Morgan fingerprint density at radius 3 is 2.31 bits per heavy atom. The second kappa shape index (κ2) is 8.52. The van der Waals surface area contributed by atoms with Crippen LogP contribution in [0, 0.1) is 18.4 Å². The molecule has 5 nitrogen and oxygen atoms in total. The van der Waals surface area contributed by atoms with Crippen LogP contribution >= 0.6 is 0 Å². The molecule has 1 aromatic rings. The van der Waals surface area contributed by atoms with E-state index in [1.54, 1.807) is 32.9 Å². The predicted octanol–water partition coefficient (Wildman–Crippen LogP) is 3.78. The average Bonchev–Trinajstić information content (AvgIpc) is 2.44. The van der Waals surface area contributed by atoms with Crippen molar-refractivity contribution in [3.63, 3.8) is 0 Å². The maximum atomic E-state index is 11.7. The smallest absolute Gasteiger partial charge is 0.335 e. The monoisotopic (exact) mass is 376 g/mol. The molecule has 0 unspecified atom stereocenters. The zero-order valence-electron chi connectivity index (χ0n) is 16.6. The maximum absolute atomic E-state index is 11.7. The number of carbonyl (C=O) groups is 2. The van der Waals surface area contributed by atoms with Crippen molar-refractivity contribution in [2.75, 3.05) is 6.61 Å². The number of ether oxygens (including phenoxy) is 2. The van der Waals surface area contributed by atoms with Gasteiger partial charge in [0.25, 0.3) is 0 Å². The summed E-state index contributed by atoms with van der Waals surface area (Å²) in [4.78, 5) is 23.1. The van der Waals surface area contributed by atoms with E-state index in [2.05, 4.69) is 31.1 Å². The number of rotatable bonds is 5. The molecular weight excluding hydrogens is 348 g/mol. The molecule has 0 spiro atoms. The van der Waals surface area contributed by atoms with Crippen LogP contribution in [0.15, 0.2) is 12.1 Å². The van der Waals surface area contributed by atoms with Crippen molar-refractivity contribution in [2.24, 2.45) is 0 Å². The third-order valence-corrected chi connectivity index (χ3v) is 4.11. The van der Waals surface area contributed by atoms with Gasteiger partial charge in [0.2, 0.25) is 0 Å². The normalized spacial score (nSPS) is 11.5. The first kappa shape index (κ1) is 21.9. The van der Waals surface area contributed by atoms with E-state index < -0.39 is 25.6 Å². The molecule has 0 aliphatic rings. The van der Waals surface area contributed by atoms with Gasteiger partial charge in [0, 0.05) is 5.56 Å². The summed E-state index contributed by atoms with van der Waals surface area (Å²) in [5, 5.41) is 9.34. The third kappa shape index (κ3) is 7.85. The first-order valence-electron chi connectivity index (χ1n) is 8.48. The minimum atomic E-state index is -1.59. The van der Waals surface area contributed by atoms with Gasteiger partial charge in [0.05, 0.1) is 12.2 Å². The average molecular weight is 377 g/mol. The highest BCUT2D eigenvalue weighted by atomic mass is 28.3. The van der Waals surface area contributed by atoms with Crippen LogP contribution in [-0.2, 0) is 20.9 Å². The molecule has 0 aliphatic heterocycles. The van der Waals surface area contributed by atoms with Gasteiger partial charge in [-0.1, -0.05) is 25.6 Å². The first-order valence-corrected chi connectivity index (χ1v) is 12.0. The molecule has 0 heterocycles. The fourth-order valence-electron chi connectivity index (χ4n) is 2.05. The van der Waals surface area contributed by atoms with Gasteiger partial charge in [0.1, 0.15) is 20.3 Å². The highest BCUT2D eigenvalue weighted by Gasteiger charge is 2.17. The molecule has 1 aromatic carbocycles. The SMILES string of the molecule is Cc1c(C#C[Si](C)(C)C)cc(C(=O)O)cc1COCC(=O)OC(C)(C)C. The third-order valence-electron chi connectivity index (χ3n) is 3.23. The van der Waals surface area contributed by atoms with Gasteiger partial charge in [-0.05, 0) is 51.0 Å². The fraction of sp³-hybridized carbons (Fsp3) is 0.500. The second-order valence-corrected chi connectivity index (χ2v) is 12.9. The lowest BCUT2D eigenvalue weighted by atomic mass is 9.99. The first-order chi connectivity index (χ1) is 11.8. The zero-order valence-corrected chi connectivity index (χ0v) is 17.6. The molecule has 142 valence electrons. The quantitative estimate of drug-likeness (QED) is 0.481. The van der Waals surface area contributed by atoms with Crippen molar-refractivity contribution in [2.45, 2.75) is 59.5 Å². The molecule has 0 amide bonds. The topological polar surface area (TPSA) is 72.8 Å². The van der Waals surface area contributed by atoms with E-state index in [1.807, 2.05) is 6.92 Å². The summed E-state index contributed by atoms with van der Waals surface area (Å²) < 4.78 is 10.6. The van der Waals surface area contributed by atoms with Crippen molar-refractivity contribution in [1.82, 2.24) is 0 Å². The number of hydrogen-bond donors (Lipinski definition) is 1. The Bertz CT molecular complexity index is 742. The maximum Gasteiger partial charge on any atom is 0.335 e. The molecule has 0 bridgehead atoms. The molecule has 1 N–H and O–H groups in total.